The highest BCUT2D eigenvalue weighted by molar-refractivity contribution is 7.12. The number of carbonyl (C=O) groups is 2. The smallest absolute Gasteiger partial charge is 0.348 e. The third-order valence-electron chi connectivity index (χ3n) is 3.04. The number of carboxylic acid groups (broad SMARTS) is 1. The van der Waals surface area contributed by atoms with Crippen LogP contribution in [0, 0.1) is 0 Å². The van der Waals surface area contributed by atoms with Gasteiger partial charge in [-0.05, 0) is 24.1 Å². The Morgan fingerprint density at radius 3 is 3.00 bits per heavy atom. The van der Waals surface area contributed by atoms with Gasteiger partial charge in [0.2, 0.25) is 5.91 Å². The predicted octanol–water partition coefficient (Wildman–Crippen LogP) is 2.39. The van der Waals surface area contributed by atoms with Crippen LogP contribution in [0.15, 0.2) is 23.7 Å². The van der Waals surface area contributed by atoms with Crippen molar-refractivity contribution in [2.24, 2.45) is 0 Å². The van der Waals surface area contributed by atoms with Gasteiger partial charge >= 0.3 is 5.97 Å². The summed E-state index contributed by atoms with van der Waals surface area (Å²) in [5.74, 6) is -0.955. The molecule has 0 unspecified atom stereocenters. The van der Waals surface area contributed by atoms with Gasteiger partial charge in [0.05, 0.1) is 11.2 Å². The number of hydrogen-bond donors (Lipinski definition) is 2. The van der Waals surface area contributed by atoms with Crippen molar-refractivity contribution in [1.82, 2.24) is 4.98 Å². The first-order valence-corrected chi connectivity index (χ1v) is 6.63. The summed E-state index contributed by atoms with van der Waals surface area (Å²) < 4.78 is 0. The van der Waals surface area contributed by atoms with E-state index >= 15 is 0 Å². The average molecular weight is 274 g/mol. The molecule has 1 aromatic heterocycles. The number of carbonyl (C=O) groups excluding carboxylic acids is 1. The van der Waals surface area contributed by atoms with Crippen molar-refractivity contribution in [3.05, 3.63) is 34.2 Å². The molecular formula is C13H10N2O3S. The molecule has 0 bridgehead atoms. The number of anilines is 1. The second-order valence-corrected chi connectivity index (χ2v) is 5.11. The lowest BCUT2D eigenvalue weighted by molar-refractivity contribution is -0.116. The summed E-state index contributed by atoms with van der Waals surface area (Å²) in [6.07, 6.45) is 1.13. The Kier molecular flexibility index (Phi) is 2.79. The van der Waals surface area contributed by atoms with E-state index < -0.39 is 5.97 Å². The number of nitrogens with one attached hydrogen (secondary N) is 1. The predicted molar refractivity (Wildman–Crippen MR) is 71.5 cm³/mol. The van der Waals surface area contributed by atoms with Gasteiger partial charge in [0, 0.05) is 17.7 Å². The number of amides is 1. The summed E-state index contributed by atoms with van der Waals surface area (Å²) in [6.45, 7) is 0. The molecule has 0 aliphatic carbocycles. The van der Waals surface area contributed by atoms with Gasteiger partial charge in [-0.1, -0.05) is 6.07 Å². The van der Waals surface area contributed by atoms with Crippen LogP contribution in [0.25, 0.3) is 11.3 Å². The molecule has 2 aromatic rings. The van der Waals surface area contributed by atoms with Gasteiger partial charge in [-0.25, -0.2) is 9.78 Å². The summed E-state index contributed by atoms with van der Waals surface area (Å²) >= 11 is 1.11. The topological polar surface area (TPSA) is 79.3 Å². The van der Waals surface area contributed by atoms with Gasteiger partial charge in [0.1, 0.15) is 4.88 Å². The molecule has 0 spiro atoms. The molecule has 0 atom stereocenters. The molecule has 96 valence electrons. The number of aryl methyl sites for hydroxylation is 1. The van der Waals surface area contributed by atoms with Gasteiger partial charge in [-0.2, -0.15) is 0 Å². The fraction of sp³-hybridized carbons (Fsp3) is 0.154. The number of aromatic nitrogens is 1. The highest BCUT2D eigenvalue weighted by Gasteiger charge is 2.19. The number of aromatic carboxylic acids is 1. The highest BCUT2D eigenvalue weighted by atomic mass is 32.1. The van der Waals surface area contributed by atoms with Crippen molar-refractivity contribution in [3.63, 3.8) is 0 Å². The number of fused-ring (bicyclic) bond motifs is 1. The Morgan fingerprint density at radius 2 is 2.21 bits per heavy atom. The van der Waals surface area contributed by atoms with E-state index in [2.05, 4.69) is 10.3 Å². The minimum atomic E-state index is -0.969. The molecule has 0 fully saturated rings. The number of benzene rings is 1. The van der Waals surface area contributed by atoms with Crippen LogP contribution < -0.4 is 5.32 Å². The van der Waals surface area contributed by atoms with E-state index in [1.807, 2.05) is 6.07 Å². The molecule has 0 saturated heterocycles. The van der Waals surface area contributed by atoms with Crippen LogP contribution in [0.2, 0.25) is 0 Å². The van der Waals surface area contributed by atoms with Crippen LogP contribution in [-0.2, 0) is 11.2 Å². The molecule has 0 saturated carbocycles. The lowest BCUT2D eigenvalue weighted by Gasteiger charge is -2.17. The SMILES string of the molecule is O=C1CCc2cc(-c3ncsc3C(=O)O)ccc2N1. The van der Waals surface area contributed by atoms with E-state index in [0.717, 1.165) is 28.2 Å². The molecular weight excluding hydrogens is 264 g/mol. The van der Waals surface area contributed by atoms with Crippen LogP contribution in [0.4, 0.5) is 5.69 Å². The van der Waals surface area contributed by atoms with E-state index in [4.69, 9.17) is 5.11 Å². The summed E-state index contributed by atoms with van der Waals surface area (Å²) in [5.41, 5.74) is 4.60. The number of hydrogen-bond acceptors (Lipinski definition) is 4. The molecule has 1 aliphatic rings. The molecule has 1 aliphatic heterocycles. The molecule has 6 heteroatoms. The first kappa shape index (κ1) is 11.9. The van der Waals surface area contributed by atoms with Crippen LogP contribution >= 0.6 is 11.3 Å². The van der Waals surface area contributed by atoms with Crippen molar-refractivity contribution >= 4 is 28.9 Å². The molecule has 1 amide bonds. The first-order chi connectivity index (χ1) is 9.15. The van der Waals surface area contributed by atoms with E-state index in [1.165, 1.54) is 5.51 Å². The zero-order valence-electron chi connectivity index (χ0n) is 9.84. The molecule has 19 heavy (non-hydrogen) atoms. The van der Waals surface area contributed by atoms with Crippen LogP contribution in [-0.4, -0.2) is 22.0 Å². The summed E-state index contributed by atoms with van der Waals surface area (Å²) in [6, 6.07) is 5.48. The normalized spacial score (nSPS) is 13.8. The largest absolute Gasteiger partial charge is 0.477 e. The standard InChI is InChI=1S/C13H10N2O3S/c16-10-4-2-7-5-8(1-3-9(7)15-10)11-12(13(17)18)19-6-14-11/h1,3,5-6H,2,4H2,(H,15,16)(H,17,18). The summed E-state index contributed by atoms with van der Waals surface area (Å²) in [4.78, 5) is 26.7. The number of nitrogens with zero attached hydrogens (tertiary/aromatic N) is 1. The zero-order chi connectivity index (χ0) is 13.4. The Morgan fingerprint density at radius 1 is 1.37 bits per heavy atom. The molecule has 5 nitrogen and oxygen atoms in total. The van der Waals surface area contributed by atoms with Crippen LogP contribution in [0.5, 0.6) is 0 Å². The number of carboxylic acids is 1. The fourth-order valence-electron chi connectivity index (χ4n) is 2.13. The lowest BCUT2D eigenvalue weighted by Crippen LogP contribution is -2.18. The van der Waals surface area contributed by atoms with Crippen molar-refractivity contribution in [2.45, 2.75) is 12.8 Å². The number of rotatable bonds is 2. The van der Waals surface area contributed by atoms with Crippen molar-refractivity contribution in [3.8, 4) is 11.3 Å². The first-order valence-electron chi connectivity index (χ1n) is 5.75. The molecule has 2 N–H and O–H groups in total. The monoisotopic (exact) mass is 274 g/mol. The highest BCUT2D eigenvalue weighted by Crippen LogP contribution is 2.31. The molecule has 0 radical (unpaired) electrons. The fourth-order valence-corrected chi connectivity index (χ4v) is 2.78. The van der Waals surface area contributed by atoms with Crippen molar-refractivity contribution in [1.29, 1.82) is 0 Å². The number of thiazole rings is 1. The van der Waals surface area contributed by atoms with Gasteiger partial charge < -0.3 is 10.4 Å². The quantitative estimate of drug-likeness (QED) is 0.881. The third-order valence-corrected chi connectivity index (χ3v) is 3.85. The zero-order valence-corrected chi connectivity index (χ0v) is 10.7. The Balaban J connectivity index is 2.05. The van der Waals surface area contributed by atoms with Gasteiger partial charge in [0.25, 0.3) is 0 Å². The molecule has 3 rings (SSSR count). The Hall–Kier alpha value is -2.21. The Bertz CT molecular complexity index is 678. The molecule has 2 heterocycles. The van der Waals surface area contributed by atoms with Crippen molar-refractivity contribution < 1.29 is 14.7 Å². The van der Waals surface area contributed by atoms with E-state index in [1.54, 1.807) is 12.1 Å². The van der Waals surface area contributed by atoms with Gasteiger partial charge in [0.15, 0.2) is 0 Å². The van der Waals surface area contributed by atoms with Gasteiger partial charge in [-0.3, -0.25) is 4.79 Å². The van der Waals surface area contributed by atoms with Crippen LogP contribution in [0.1, 0.15) is 21.7 Å². The summed E-state index contributed by atoms with van der Waals surface area (Å²) in [5, 5.41) is 11.9. The van der Waals surface area contributed by atoms with E-state index in [-0.39, 0.29) is 10.8 Å². The maximum atomic E-state index is 11.3. The minimum absolute atomic E-state index is 0.0140. The minimum Gasteiger partial charge on any atom is -0.477 e. The third kappa shape index (κ3) is 2.10. The van der Waals surface area contributed by atoms with E-state index in [0.29, 0.717) is 18.5 Å². The van der Waals surface area contributed by atoms with Crippen molar-refractivity contribution in [2.75, 3.05) is 5.32 Å². The Labute approximate surface area is 112 Å². The lowest BCUT2D eigenvalue weighted by atomic mass is 9.99. The van der Waals surface area contributed by atoms with E-state index in [9.17, 15) is 9.59 Å². The second-order valence-electron chi connectivity index (χ2n) is 4.26. The molecule has 1 aromatic carbocycles. The average Bonchev–Trinajstić information content (AvgIpc) is 2.87. The van der Waals surface area contributed by atoms with Crippen LogP contribution in [0.3, 0.4) is 0 Å². The van der Waals surface area contributed by atoms with Gasteiger partial charge in [-0.15, -0.1) is 11.3 Å². The summed E-state index contributed by atoms with van der Waals surface area (Å²) in [7, 11) is 0. The second kappa shape index (κ2) is 4.47. The maximum absolute atomic E-state index is 11.3. The maximum Gasteiger partial charge on any atom is 0.348 e.